The van der Waals surface area contributed by atoms with E-state index in [0.29, 0.717) is 6.04 Å². The van der Waals surface area contributed by atoms with Gasteiger partial charge in [-0.25, -0.2) is 0 Å². The molecule has 0 saturated carbocycles. The van der Waals surface area contributed by atoms with Crippen LogP contribution >= 0.6 is 11.5 Å². The van der Waals surface area contributed by atoms with Crippen LogP contribution < -0.4 is 10.6 Å². The third kappa shape index (κ3) is 1.49. The SMILES string of the molecule is Cc1nsc2cccc(N3CCC(N)C3)c12. The Morgan fingerprint density at radius 1 is 1.50 bits per heavy atom. The van der Waals surface area contributed by atoms with Gasteiger partial charge >= 0.3 is 0 Å². The Morgan fingerprint density at radius 2 is 2.38 bits per heavy atom. The van der Waals surface area contributed by atoms with Crippen molar-refractivity contribution in [2.24, 2.45) is 5.73 Å². The van der Waals surface area contributed by atoms with Gasteiger partial charge in [0, 0.05) is 30.2 Å². The number of nitrogens with two attached hydrogens (primary N) is 1. The van der Waals surface area contributed by atoms with Gasteiger partial charge in [0.05, 0.1) is 10.4 Å². The van der Waals surface area contributed by atoms with Gasteiger partial charge in [0.2, 0.25) is 0 Å². The third-order valence-corrected chi connectivity index (χ3v) is 4.11. The third-order valence-electron chi connectivity index (χ3n) is 3.21. The second kappa shape index (κ2) is 3.71. The van der Waals surface area contributed by atoms with Gasteiger partial charge in [0.25, 0.3) is 0 Å². The minimum absolute atomic E-state index is 0.321. The van der Waals surface area contributed by atoms with Gasteiger partial charge in [-0.3, -0.25) is 0 Å². The highest BCUT2D eigenvalue weighted by Gasteiger charge is 2.21. The first kappa shape index (κ1) is 10.1. The maximum atomic E-state index is 5.97. The molecule has 1 fully saturated rings. The van der Waals surface area contributed by atoms with Crippen molar-refractivity contribution in [1.82, 2.24) is 4.37 Å². The van der Waals surface area contributed by atoms with Crippen molar-refractivity contribution in [3.8, 4) is 0 Å². The molecule has 3 rings (SSSR count). The average Bonchev–Trinajstić information content (AvgIpc) is 2.86. The number of anilines is 1. The number of benzene rings is 1. The molecule has 4 heteroatoms. The summed E-state index contributed by atoms with van der Waals surface area (Å²) in [7, 11) is 0. The van der Waals surface area contributed by atoms with Crippen LogP contribution in [0.15, 0.2) is 18.2 Å². The maximum Gasteiger partial charge on any atom is 0.0610 e. The molecule has 1 aromatic carbocycles. The van der Waals surface area contributed by atoms with Gasteiger partial charge in [-0.15, -0.1) is 0 Å². The molecule has 2 N–H and O–H groups in total. The first-order chi connectivity index (χ1) is 7.75. The molecule has 84 valence electrons. The van der Waals surface area contributed by atoms with E-state index in [4.69, 9.17) is 5.73 Å². The summed E-state index contributed by atoms with van der Waals surface area (Å²) in [6.07, 6.45) is 1.09. The molecule has 1 unspecified atom stereocenters. The number of hydrogen-bond donors (Lipinski definition) is 1. The summed E-state index contributed by atoms with van der Waals surface area (Å²) in [5.41, 5.74) is 8.40. The van der Waals surface area contributed by atoms with E-state index in [1.165, 1.54) is 15.8 Å². The van der Waals surface area contributed by atoms with Crippen LogP contribution in [0.2, 0.25) is 0 Å². The van der Waals surface area contributed by atoms with Gasteiger partial charge < -0.3 is 10.6 Å². The monoisotopic (exact) mass is 233 g/mol. The number of aryl methyl sites for hydroxylation is 1. The molecule has 3 nitrogen and oxygen atoms in total. The Kier molecular flexibility index (Phi) is 2.33. The van der Waals surface area contributed by atoms with Crippen LogP contribution in [-0.4, -0.2) is 23.5 Å². The molecule has 0 amide bonds. The molecule has 1 aliphatic heterocycles. The molecule has 0 radical (unpaired) electrons. The lowest BCUT2D eigenvalue weighted by atomic mass is 10.2. The van der Waals surface area contributed by atoms with Crippen molar-refractivity contribution in [3.63, 3.8) is 0 Å². The molecule has 1 aromatic heterocycles. The van der Waals surface area contributed by atoms with E-state index in [-0.39, 0.29) is 0 Å². The van der Waals surface area contributed by atoms with Gasteiger partial charge in [-0.1, -0.05) is 6.07 Å². The van der Waals surface area contributed by atoms with Crippen LogP contribution in [0.1, 0.15) is 12.1 Å². The molecular weight excluding hydrogens is 218 g/mol. The summed E-state index contributed by atoms with van der Waals surface area (Å²) in [4.78, 5) is 2.38. The lowest BCUT2D eigenvalue weighted by molar-refractivity contribution is 0.752. The van der Waals surface area contributed by atoms with E-state index in [9.17, 15) is 0 Å². The standard InChI is InChI=1S/C12H15N3S/c1-8-12-10(15-6-5-9(13)7-15)3-2-4-11(12)16-14-8/h2-4,9H,5-7,13H2,1H3. The van der Waals surface area contributed by atoms with Crippen molar-refractivity contribution in [1.29, 1.82) is 0 Å². The second-order valence-electron chi connectivity index (χ2n) is 4.41. The van der Waals surface area contributed by atoms with E-state index < -0.39 is 0 Å². The summed E-state index contributed by atoms with van der Waals surface area (Å²) >= 11 is 1.58. The Hall–Kier alpha value is -1.13. The molecule has 2 heterocycles. The second-order valence-corrected chi connectivity index (χ2v) is 5.22. The van der Waals surface area contributed by atoms with Crippen LogP contribution in [-0.2, 0) is 0 Å². The first-order valence-electron chi connectivity index (χ1n) is 5.61. The molecule has 1 saturated heterocycles. The summed E-state index contributed by atoms with van der Waals surface area (Å²) < 4.78 is 5.70. The number of fused-ring (bicyclic) bond motifs is 1. The number of rotatable bonds is 1. The quantitative estimate of drug-likeness (QED) is 0.820. The van der Waals surface area contributed by atoms with Crippen LogP contribution in [0.4, 0.5) is 5.69 Å². The summed E-state index contributed by atoms with van der Waals surface area (Å²) in [5, 5.41) is 1.31. The zero-order chi connectivity index (χ0) is 11.1. The molecule has 1 atom stereocenters. The summed E-state index contributed by atoms with van der Waals surface area (Å²) in [6, 6.07) is 6.75. The Morgan fingerprint density at radius 3 is 3.12 bits per heavy atom. The number of nitrogens with zero attached hydrogens (tertiary/aromatic N) is 2. The van der Waals surface area contributed by atoms with Crippen LogP contribution in [0, 0.1) is 6.92 Å². The average molecular weight is 233 g/mol. The Bertz CT molecular complexity index is 520. The highest BCUT2D eigenvalue weighted by atomic mass is 32.1. The van der Waals surface area contributed by atoms with Gasteiger partial charge in [0.15, 0.2) is 0 Å². The molecule has 16 heavy (non-hydrogen) atoms. The maximum absolute atomic E-state index is 5.97. The fraction of sp³-hybridized carbons (Fsp3) is 0.417. The molecule has 0 aliphatic carbocycles. The zero-order valence-electron chi connectivity index (χ0n) is 9.31. The van der Waals surface area contributed by atoms with Crippen LogP contribution in [0.25, 0.3) is 10.1 Å². The highest BCUT2D eigenvalue weighted by molar-refractivity contribution is 7.13. The fourth-order valence-corrected chi connectivity index (χ4v) is 3.20. The minimum Gasteiger partial charge on any atom is -0.369 e. The normalized spacial score (nSPS) is 20.9. The summed E-state index contributed by atoms with van der Waals surface area (Å²) in [5.74, 6) is 0. The minimum atomic E-state index is 0.321. The van der Waals surface area contributed by atoms with E-state index >= 15 is 0 Å². The topological polar surface area (TPSA) is 42.2 Å². The van der Waals surface area contributed by atoms with Crippen molar-refractivity contribution in [2.75, 3.05) is 18.0 Å². The van der Waals surface area contributed by atoms with Crippen molar-refractivity contribution in [3.05, 3.63) is 23.9 Å². The predicted octanol–water partition coefficient (Wildman–Crippen LogP) is 2.14. The lowest BCUT2D eigenvalue weighted by Crippen LogP contribution is -2.26. The first-order valence-corrected chi connectivity index (χ1v) is 6.38. The fourth-order valence-electron chi connectivity index (χ4n) is 2.39. The Balaban J connectivity index is 2.12. The molecule has 1 aliphatic rings. The smallest absolute Gasteiger partial charge is 0.0610 e. The van der Waals surface area contributed by atoms with Gasteiger partial charge in [-0.05, 0) is 37.0 Å². The van der Waals surface area contributed by atoms with E-state index in [2.05, 4.69) is 34.4 Å². The highest BCUT2D eigenvalue weighted by Crippen LogP contribution is 2.33. The largest absolute Gasteiger partial charge is 0.369 e. The van der Waals surface area contributed by atoms with E-state index in [0.717, 1.165) is 25.2 Å². The van der Waals surface area contributed by atoms with E-state index in [1.807, 2.05) is 0 Å². The summed E-state index contributed by atoms with van der Waals surface area (Å²) in [6.45, 7) is 4.11. The van der Waals surface area contributed by atoms with Gasteiger partial charge in [-0.2, -0.15) is 4.37 Å². The predicted molar refractivity (Wildman–Crippen MR) is 69.2 cm³/mol. The molecule has 0 spiro atoms. The van der Waals surface area contributed by atoms with Crippen molar-refractivity contribution >= 4 is 27.3 Å². The van der Waals surface area contributed by atoms with Crippen LogP contribution in [0.3, 0.4) is 0 Å². The number of aromatic nitrogens is 1. The van der Waals surface area contributed by atoms with Crippen LogP contribution in [0.5, 0.6) is 0 Å². The van der Waals surface area contributed by atoms with Crippen molar-refractivity contribution < 1.29 is 0 Å². The van der Waals surface area contributed by atoms with E-state index in [1.54, 1.807) is 11.5 Å². The van der Waals surface area contributed by atoms with Gasteiger partial charge in [0.1, 0.15) is 0 Å². The lowest BCUT2D eigenvalue weighted by Gasteiger charge is -2.19. The Labute approximate surface area is 99.0 Å². The van der Waals surface area contributed by atoms with Crippen molar-refractivity contribution in [2.45, 2.75) is 19.4 Å². The molecule has 0 bridgehead atoms. The number of hydrogen-bond acceptors (Lipinski definition) is 4. The molecule has 2 aromatic rings. The zero-order valence-corrected chi connectivity index (χ0v) is 10.1. The molecular formula is C12H15N3S.